The lowest BCUT2D eigenvalue weighted by atomic mass is 10.1. The molecule has 8 nitrogen and oxygen atoms in total. The number of aryl methyl sites for hydroxylation is 1. The minimum absolute atomic E-state index is 0.0208. The van der Waals surface area contributed by atoms with Crippen LogP contribution < -0.4 is 4.90 Å². The van der Waals surface area contributed by atoms with Gasteiger partial charge in [0.1, 0.15) is 24.2 Å². The topological polar surface area (TPSA) is 117 Å². The molecular weight excluding hydrogens is 352 g/mol. The molecule has 0 bridgehead atoms. The molecule has 8 heteroatoms. The van der Waals surface area contributed by atoms with Crippen LogP contribution in [-0.2, 0) is 6.54 Å². The first-order chi connectivity index (χ1) is 13.6. The van der Waals surface area contributed by atoms with Crippen molar-refractivity contribution < 1.29 is 0 Å². The van der Waals surface area contributed by atoms with Crippen LogP contribution in [-0.4, -0.2) is 22.9 Å². The zero-order chi connectivity index (χ0) is 20.5. The normalized spacial score (nSPS) is 10.4. The number of anilines is 1. The highest BCUT2D eigenvalue weighted by molar-refractivity contribution is 5.59. The van der Waals surface area contributed by atoms with Crippen molar-refractivity contribution in [1.29, 1.82) is 15.8 Å². The van der Waals surface area contributed by atoms with Gasteiger partial charge in [0.25, 0.3) is 0 Å². The highest BCUT2D eigenvalue weighted by Gasteiger charge is 2.17. The predicted molar refractivity (Wildman–Crippen MR) is 105 cm³/mol. The van der Waals surface area contributed by atoms with Crippen molar-refractivity contribution in [2.45, 2.75) is 40.2 Å². The van der Waals surface area contributed by atoms with Crippen LogP contribution in [0.3, 0.4) is 0 Å². The summed E-state index contributed by atoms with van der Waals surface area (Å²) < 4.78 is 1.22. The molecule has 0 radical (unpaired) electrons. The Morgan fingerprint density at radius 1 is 1.14 bits per heavy atom. The van der Waals surface area contributed by atoms with E-state index >= 15 is 0 Å². The molecule has 1 aromatic carbocycles. The summed E-state index contributed by atoms with van der Waals surface area (Å²) in [4.78, 5) is 2.31. The van der Waals surface area contributed by atoms with Gasteiger partial charge in [-0.05, 0) is 44.0 Å². The number of hydrogen-bond acceptors (Lipinski definition) is 7. The number of azo groups is 1. The summed E-state index contributed by atoms with van der Waals surface area (Å²) in [6, 6.07) is 11.6. The molecule has 0 unspecified atom stereocenters. The molecule has 0 aliphatic rings. The number of nitrogens with zero attached hydrogens (tertiary/aromatic N) is 8. The van der Waals surface area contributed by atoms with Gasteiger partial charge >= 0.3 is 0 Å². The van der Waals surface area contributed by atoms with E-state index in [0.29, 0.717) is 5.69 Å². The van der Waals surface area contributed by atoms with E-state index in [9.17, 15) is 5.26 Å². The first-order valence-corrected chi connectivity index (χ1v) is 9.14. The fraction of sp³-hybridized carbons (Fsp3) is 0.400. The molecule has 0 saturated carbocycles. The molecule has 0 aliphatic heterocycles. The average molecular weight is 374 g/mol. The van der Waals surface area contributed by atoms with Gasteiger partial charge in [-0.3, -0.25) is 0 Å². The zero-order valence-corrected chi connectivity index (χ0v) is 16.3. The first kappa shape index (κ1) is 20.6. The quantitative estimate of drug-likeness (QED) is 0.630. The van der Waals surface area contributed by atoms with Gasteiger partial charge in [0.2, 0.25) is 0 Å². The van der Waals surface area contributed by atoms with E-state index in [0.717, 1.165) is 37.2 Å². The second-order valence-electron chi connectivity index (χ2n) is 6.19. The molecule has 0 fully saturated rings. The number of rotatable bonds is 8. The Balaban J connectivity index is 2.35. The van der Waals surface area contributed by atoms with Crippen LogP contribution in [0.25, 0.3) is 0 Å². The van der Waals surface area contributed by atoms with E-state index in [2.05, 4.69) is 40.1 Å². The molecule has 142 valence electrons. The third-order valence-corrected chi connectivity index (χ3v) is 4.33. The predicted octanol–water partition coefficient (Wildman–Crippen LogP) is 4.50. The highest BCUT2D eigenvalue weighted by Crippen LogP contribution is 2.29. The Morgan fingerprint density at radius 3 is 2.50 bits per heavy atom. The molecular formula is C20H22N8. The zero-order valence-electron chi connectivity index (χ0n) is 16.3. The highest BCUT2D eigenvalue weighted by atomic mass is 15.3. The van der Waals surface area contributed by atoms with E-state index in [1.54, 1.807) is 0 Å². The van der Waals surface area contributed by atoms with Crippen molar-refractivity contribution in [2.24, 2.45) is 10.2 Å². The molecule has 0 saturated heterocycles. The lowest BCUT2D eigenvalue weighted by molar-refractivity contribution is 0.705. The molecule has 0 N–H and O–H groups in total. The van der Waals surface area contributed by atoms with Crippen LogP contribution in [0.5, 0.6) is 0 Å². The van der Waals surface area contributed by atoms with Gasteiger partial charge in [0.15, 0.2) is 11.5 Å². The van der Waals surface area contributed by atoms with Crippen LogP contribution in [0.15, 0.2) is 28.4 Å². The molecule has 0 amide bonds. The Kier molecular flexibility index (Phi) is 7.25. The minimum Gasteiger partial charge on any atom is -0.372 e. The van der Waals surface area contributed by atoms with Crippen molar-refractivity contribution in [2.75, 3.05) is 18.0 Å². The Labute approximate surface area is 164 Å². The lowest BCUT2D eigenvalue weighted by Gasteiger charge is -2.23. The van der Waals surface area contributed by atoms with Gasteiger partial charge in [0, 0.05) is 18.8 Å². The molecule has 1 heterocycles. The van der Waals surface area contributed by atoms with Crippen molar-refractivity contribution >= 4 is 17.2 Å². The monoisotopic (exact) mass is 374 g/mol. The summed E-state index contributed by atoms with van der Waals surface area (Å²) in [6.07, 6.45) is 2.28. The maximum Gasteiger partial charge on any atom is 0.193 e. The lowest BCUT2D eigenvalue weighted by Crippen LogP contribution is -2.23. The second-order valence-corrected chi connectivity index (χ2v) is 6.19. The Morgan fingerprint density at radius 2 is 1.93 bits per heavy atom. The molecule has 0 atom stereocenters. The number of unbranched alkanes of at least 4 members (excludes halogenated alkanes) is 1. The molecule has 2 aromatic rings. The van der Waals surface area contributed by atoms with Gasteiger partial charge in [0.05, 0.1) is 11.8 Å². The fourth-order valence-corrected chi connectivity index (χ4v) is 2.78. The summed E-state index contributed by atoms with van der Waals surface area (Å²) in [5, 5.41) is 39.7. The maximum atomic E-state index is 9.31. The summed E-state index contributed by atoms with van der Waals surface area (Å²) in [7, 11) is 0. The Hall–Kier alpha value is -3.70. The van der Waals surface area contributed by atoms with Gasteiger partial charge in [-0.15, -0.1) is 10.2 Å². The van der Waals surface area contributed by atoms with Crippen molar-refractivity contribution in [3.63, 3.8) is 0 Å². The number of nitriles is 3. The third-order valence-electron chi connectivity index (χ3n) is 4.33. The summed E-state index contributed by atoms with van der Waals surface area (Å²) in [5.74, 6) is 0.113. The summed E-state index contributed by atoms with van der Waals surface area (Å²) in [6.45, 7) is 8.06. The van der Waals surface area contributed by atoms with E-state index in [1.807, 2.05) is 37.3 Å². The van der Waals surface area contributed by atoms with E-state index in [-0.39, 0.29) is 23.6 Å². The van der Waals surface area contributed by atoms with Crippen molar-refractivity contribution in [3.8, 4) is 18.2 Å². The van der Waals surface area contributed by atoms with E-state index < -0.39 is 0 Å². The standard InChI is InChI=1S/C20H22N8/c1-4-6-10-27(5-2)16-7-8-18(15(3)12-16)24-25-20-17(13-22)19(14-23)26-28(20)11-9-21/h7-8,12H,4-6,10-11H2,1-3H3/b25-24+. The second kappa shape index (κ2) is 9.85. The van der Waals surface area contributed by atoms with Crippen LogP contribution >= 0.6 is 0 Å². The molecule has 2 rings (SSSR count). The van der Waals surface area contributed by atoms with Crippen molar-refractivity contribution in [1.82, 2.24) is 9.78 Å². The smallest absolute Gasteiger partial charge is 0.193 e. The summed E-state index contributed by atoms with van der Waals surface area (Å²) in [5.41, 5.74) is 2.69. The molecule has 0 aliphatic carbocycles. The molecule has 1 aromatic heterocycles. The SMILES string of the molecule is CCCCN(CC)c1ccc(/N=N/c2c(C#N)c(C#N)nn2CC#N)c(C)c1. The minimum atomic E-state index is -0.120. The largest absolute Gasteiger partial charge is 0.372 e. The van der Waals surface area contributed by atoms with Crippen LogP contribution in [0.4, 0.5) is 17.2 Å². The van der Waals surface area contributed by atoms with Crippen LogP contribution in [0, 0.1) is 40.9 Å². The Bertz CT molecular complexity index is 981. The molecule has 0 spiro atoms. The third kappa shape index (κ3) is 4.52. The molecule has 28 heavy (non-hydrogen) atoms. The van der Waals surface area contributed by atoms with E-state index in [4.69, 9.17) is 10.5 Å². The van der Waals surface area contributed by atoms with Crippen LogP contribution in [0.2, 0.25) is 0 Å². The van der Waals surface area contributed by atoms with E-state index in [1.165, 1.54) is 4.68 Å². The maximum absolute atomic E-state index is 9.31. The number of aromatic nitrogens is 2. The number of hydrogen-bond donors (Lipinski definition) is 0. The fourth-order valence-electron chi connectivity index (χ4n) is 2.78. The average Bonchev–Trinajstić information content (AvgIpc) is 3.04. The summed E-state index contributed by atoms with van der Waals surface area (Å²) >= 11 is 0. The van der Waals surface area contributed by atoms with Gasteiger partial charge in [-0.2, -0.15) is 20.9 Å². The van der Waals surface area contributed by atoms with Crippen molar-refractivity contribution in [3.05, 3.63) is 35.0 Å². The van der Waals surface area contributed by atoms with Gasteiger partial charge in [-0.1, -0.05) is 13.3 Å². The van der Waals surface area contributed by atoms with Gasteiger partial charge < -0.3 is 4.90 Å². The first-order valence-electron chi connectivity index (χ1n) is 9.14. The number of benzene rings is 1. The van der Waals surface area contributed by atoms with Crippen LogP contribution in [0.1, 0.15) is 43.5 Å². The van der Waals surface area contributed by atoms with Gasteiger partial charge in [-0.25, -0.2) is 4.68 Å².